The second kappa shape index (κ2) is 8.14. The fourth-order valence-electron chi connectivity index (χ4n) is 3.82. The summed E-state index contributed by atoms with van der Waals surface area (Å²) < 4.78 is 13.1. The number of benzene rings is 1. The van der Waals surface area contributed by atoms with Crippen molar-refractivity contribution in [3.63, 3.8) is 0 Å². The maximum Gasteiger partial charge on any atom is 0.227 e. The van der Waals surface area contributed by atoms with Gasteiger partial charge in [0.1, 0.15) is 13.2 Å². The molecule has 0 bridgehead atoms. The minimum Gasteiger partial charge on any atom is -0.486 e. The van der Waals surface area contributed by atoms with E-state index in [1.165, 1.54) is 0 Å². The molecule has 0 aliphatic carbocycles. The lowest BCUT2D eigenvalue weighted by molar-refractivity contribution is -0.126. The molecule has 29 heavy (non-hydrogen) atoms. The van der Waals surface area contributed by atoms with E-state index in [9.17, 15) is 9.59 Å². The van der Waals surface area contributed by atoms with Gasteiger partial charge in [-0.05, 0) is 38.5 Å². The molecule has 1 aromatic heterocycles. The van der Waals surface area contributed by atoms with Crippen molar-refractivity contribution in [2.45, 2.75) is 33.2 Å². The number of aromatic nitrogens is 2. The third-order valence-corrected chi connectivity index (χ3v) is 5.28. The van der Waals surface area contributed by atoms with Crippen LogP contribution in [0.15, 0.2) is 24.3 Å². The Morgan fingerprint density at radius 1 is 1.21 bits per heavy atom. The number of rotatable bonds is 6. The van der Waals surface area contributed by atoms with Crippen molar-refractivity contribution >= 4 is 17.5 Å². The van der Waals surface area contributed by atoms with Crippen molar-refractivity contribution in [1.82, 2.24) is 15.1 Å². The quantitative estimate of drug-likeness (QED) is 0.751. The van der Waals surface area contributed by atoms with Crippen molar-refractivity contribution in [2.75, 3.05) is 31.2 Å². The third-order valence-electron chi connectivity index (χ3n) is 5.28. The molecule has 3 heterocycles. The van der Waals surface area contributed by atoms with Crippen molar-refractivity contribution in [2.24, 2.45) is 5.92 Å². The molecule has 2 amide bonds. The largest absolute Gasteiger partial charge is 0.486 e. The van der Waals surface area contributed by atoms with Crippen LogP contribution in [-0.2, 0) is 16.1 Å². The van der Waals surface area contributed by atoms with Gasteiger partial charge in [0.15, 0.2) is 11.5 Å². The summed E-state index contributed by atoms with van der Waals surface area (Å²) in [5.41, 5.74) is 2.85. The number of aryl methyl sites for hydroxylation is 3. The first kappa shape index (κ1) is 19.3. The summed E-state index contributed by atoms with van der Waals surface area (Å²) in [6.07, 6.45) is 1.01. The molecule has 2 aliphatic rings. The van der Waals surface area contributed by atoms with Crippen LogP contribution < -0.4 is 19.7 Å². The second-order valence-electron chi connectivity index (χ2n) is 7.53. The molecule has 1 aromatic carbocycles. The molecule has 8 heteroatoms. The lowest BCUT2D eigenvalue weighted by atomic mass is 10.1. The van der Waals surface area contributed by atoms with Crippen LogP contribution in [0.4, 0.5) is 5.69 Å². The summed E-state index contributed by atoms with van der Waals surface area (Å²) in [5.74, 6) is 0.850. The van der Waals surface area contributed by atoms with E-state index in [0.717, 1.165) is 30.0 Å². The van der Waals surface area contributed by atoms with E-state index in [-0.39, 0.29) is 24.2 Å². The van der Waals surface area contributed by atoms with Crippen LogP contribution in [0.2, 0.25) is 0 Å². The lowest BCUT2D eigenvalue weighted by Crippen LogP contribution is -2.34. The molecule has 4 rings (SSSR count). The zero-order chi connectivity index (χ0) is 20.4. The number of carbonyl (C=O) groups excluding carboxylic acids is 2. The summed E-state index contributed by atoms with van der Waals surface area (Å²) in [6.45, 7) is 6.70. The Hall–Kier alpha value is -3.03. The molecule has 154 valence electrons. The number of hydrogen-bond acceptors (Lipinski definition) is 5. The predicted octanol–water partition coefficient (Wildman–Crippen LogP) is 1.83. The van der Waals surface area contributed by atoms with Crippen molar-refractivity contribution in [3.8, 4) is 11.5 Å². The first-order valence-corrected chi connectivity index (χ1v) is 10.00. The van der Waals surface area contributed by atoms with E-state index in [2.05, 4.69) is 10.4 Å². The molecule has 2 aliphatic heterocycles. The number of nitrogens with zero attached hydrogens (tertiary/aromatic N) is 3. The average molecular weight is 398 g/mol. The maximum atomic E-state index is 12.5. The molecule has 1 N–H and O–H groups in total. The van der Waals surface area contributed by atoms with Gasteiger partial charge in [0, 0.05) is 43.5 Å². The maximum absolute atomic E-state index is 12.5. The Morgan fingerprint density at radius 3 is 2.76 bits per heavy atom. The standard InChI is InChI=1S/C21H26N4O4/c1-14-10-15(2)25(23-14)7-3-6-22-21(27)16-11-20(26)24(13-16)17-4-5-18-19(12-17)29-9-8-28-18/h4-5,10,12,16H,3,6-9,11,13H2,1-2H3,(H,22,27)/t16-/m0/s1. The third kappa shape index (κ3) is 4.21. The minimum absolute atomic E-state index is 0.0514. The number of nitrogens with one attached hydrogen (secondary N) is 1. The zero-order valence-electron chi connectivity index (χ0n) is 16.8. The number of fused-ring (bicyclic) bond motifs is 1. The molecule has 0 unspecified atom stereocenters. The van der Waals surface area contributed by atoms with Gasteiger partial charge in [0.25, 0.3) is 0 Å². The molecular formula is C21H26N4O4. The Bertz CT molecular complexity index is 923. The van der Waals surface area contributed by atoms with Crippen LogP contribution in [0, 0.1) is 19.8 Å². The topological polar surface area (TPSA) is 85.7 Å². The molecule has 1 fully saturated rings. The van der Waals surface area contributed by atoms with Gasteiger partial charge in [-0.1, -0.05) is 0 Å². The van der Waals surface area contributed by atoms with E-state index < -0.39 is 0 Å². The molecule has 1 saturated heterocycles. The Morgan fingerprint density at radius 2 is 2.00 bits per heavy atom. The monoisotopic (exact) mass is 398 g/mol. The number of carbonyl (C=O) groups is 2. The van der Waals surface area contributed by atoms with E-state index in [0.29, 0.717) is 37.8 Å². The van der Waals surface area contributed by atoms with Gasteiger partial charge >= 0.3 is 0 Å². The summed E-state index contributed by atoms with van der Waals surface area (Å²) >= 11 is 0. The highest BCUT2D eigenvalue weighted by Crippen LogP contribution is 2.35. The summed E-state index contributed by atoms with van der Waals surface area (Å²) in [6, 6.07) is 7.49. The van der Waals surface area contributed by atoms with Crippen molar-refractivity contribution in [3.05, 3.63) is 35.7 Å². The van der Waals surface area contributed by atoms with Gasteiger partial charge < -0.3 is 19.7 Å². The van der Waals surface area contributed by atoms with Crippen LogP contribution in [0.25, 0.3) is 0 Å². The molecular weight excluding hydrogens is 372 g/mol. The Kier molecular flexibility index (Phi) is 5.42. The summed E-state index contributed by atoms with van der Waals surface area (Å²) in [7, 11) is 0. The number of anilines is 1. The molecule has 0 spiro atoms. The molecule has 2 aromatic rings. The van der Waals surface area contributed by atoms with Gasteiger partial charge in [0.2, 0.25) is 11.8 Å². The van der Waals surface area contributed by atoms with Crippen molar-refractivity contribution < 1.29 is 19.1 Å². The molecule has 0 saturated carbocycles. The summed E-state index contributed by atoms with van der Waals surface area (Å²) in [4.78, 5) is 26.7. The van der Waals surface area contributed by atoms with Crippen LogP contribution >= 0.6 is 0 Å². The average Bonchev–Trinajstić information content (AvgIpc) is 3.26. The lowest BCUT2D eigenvalue weighted by Gasteiger charge is -2.22. The number of hydrogen-bond donors (Lipinski definition) is 1. The molecule has 8 nitrogen and oxygen atoms in total. The van der Waals surface area contributed by atoms with Gasteiger partial charge in [-0.3, -0.25) is 14.3 Å². The first-order chi connectivity index (χ1) is 14.0. The van der Waals surface area contributed by atoms with E-state index in [1.807, 2.05) is 36.7 Å². The second-order valence-corrected chi connectivity index (χ2v) is 7.53. The van der Waals surface area contributed by atoms with Crippen LogP contribution in [0.5, 0.6) is 11.5 Å². The Labute approximate surface area is 169 Å². The Balaban J connectivity index is 1.29. The van der Waals surface area contributed by atoms with E-state index in [1.54, 1.807) is 11.0 Å². The summed E-state index contributed by atoms with van der Waals surface area (Å²) in [5, 5.41) is 7.38. The van der Waals surface area contributed by atoms with Gasteiger partial charge in [-0.25, -0.2) is 0 Å². The van der Waals surface area contributed by atoms with Gasteiger partial charge in [-0.15, -0.1) is 0 Å². The van der Waals surface area contributed by atoms with Gasteiger partial charge in [-0.2, -0.15) is 5.10 Å². The minimum atomic E-state index is -0.343. The highest BCUT2D eigenvalue weighted by atomic mass is 16.6. The zero-order valence-corrected chi connectivity index (χ0v) is 16.8. The van der Waals surface area contributed by atoms with Gasteiger partial charge in [0.05, 0.1) is 11.6 Å². The van der Waals surface area contributed by atoms with Crippen LogP contribution in [-0.4, -0.2) is 47.9 Å². The first-order valence-electron chi connectivity index (χ1n) is 10.00. The van der Waals surface area contributed by atoms with Crippen molar-refractivity contribution in [1.29, 1.82) is 0 Å². The highest BCUT2D eigenvalue weighted by Gasteiger charge is 2.35. The van der Waals surface area contributed by atoms with Crippen LogP contribution in [0.3, 0.4) is 0 Å². The highest BCUT2D eigenvalue weighted by molar-refractivity contribution is 6.00. The molecule has 0 radical (unpaired) electrons. The number of ether oxygens (including phenoxy) is 2. The fourth-order valence-corrected chi connectivity index (χ4v) is 3.82. The smallest absolute Gasteiger partial charge is 0.227 e. The number of amides is 2. The molecule has 1 atom stereocenters. The normalized spacial score (nSPS) is 18.2. The van der Waals surface area contributed by atoms with E-state index in [4.69, 9.17) is 9.47 Å². The predicted molar refractivity (Wildman–Crippen MR) is 107 cm³/mol. The van der Waals surface area contributed by atoms with Crippen LogP contribution in [0.1, 0.15) is 24.2 Å². The van der Waals surface area contributed by atoms with E-state index >= 15 is 0 Å². The fraction of sp³-hybridized carbons (Fsp3) is 0.476. The SMILES string of the molecule is Cc1cc(C)n(CCCNC(=O)[C@H]2CC(=O)N(c3ccc4c(c3)OCCO4)C2)n1.